The SMILES string of the molecule is COC/C=C(\CO)C1C(C)c2c(C)cc(C)cc2-c2c3sc(-c4ccc(-c5ccccc5)cc4)c(C)c3cc[n+]21. The van der Waals surface area contributed by atoms with Crippen LogP contribution in [-0.2, 0) is 4.74 Å². The lowest BCUT2D eigenvalue weighted by Crippen LogP contribution is -2.48. The smallest absolute Gasteiger partial charge is 0.231 e. The molecule has 0 saturated heterocycles. The van der Waals surface area contributed by atoms with Gasteiger partial charge in [-0.25, -0.2) is 0 Å². The second-order valence-electron chi connectivity index (χ2n) is 11.0. The Labute approximate surface area is 241 Å². The molecule has 0 fully saturated rings. The summed E-state index contributed by atoms with van der Waals surface area (Å²) >= 11 is 1.88. The summed E-state index contributed by atoms with van der Waals surface area (Å²) in [5, 5.41) is 11.8. The van der Waals surface area contributed by atoms with E-state index in [1.165, 1.54) is 65.2 Å². The summed E-state index contributed by atoms with van der Waals surface area (Å²) in [6.45, 7) is 9.45. The predicted octanol–water partition coefficient (Wildman–Crippen LogP) is 8.34. The molecule has 5 aromatic rings. The molecule has 0 bridgehead atoms. The molecule has 6 rings (SSSR count). The van der Waals surface area contributed by atoms with E-state index in [1.807, 2.05) is 11.3 Å². The van der Waals surface area contributed by atoms with E-state index in [9.17, 15) is 5.11 Å². The summed E-state index contributed by atoms with van der Waals surface area (Å²) < 4.78 is 9.08. The largest absolute Gasteiger partial charge is 0.392 e. The number of aryl methyl sites for hydroxylation is 3. The van der Waals surface area contributed by atoms with Gasteiger partial charge in [0.05, 0.1) is 18.8 Å². The van der Waals surface area contributed by atoms with E-state index in [1.54, 1.807) is 7.11 Å². The molecule has 3 heterocycles. The Morgan fingerprint density at radius 2 is 1.65 bits per heavy atom. The minimum atomic E-state index is 0.00552. The van der Waals surface area contributed by atoms with Crippen molar-refractivity contribution < 1.29 is 14.4 Å². The van der Waals surface area contributed by atoms with Crippen LogP contribution in [0.4, 0.5) is 0 Å². The third kappa shape index (κ3) is 4.41. The number of pyridine rings is 1. The van der Waals surface area contributed by atoms with Gasteiger partial charge in [-0.1, -0.05) is 79.2 Å². The van der Waals surface area contributed by atoms with Gasteiger partial charge < -0.3 is 9.84 Å². The standard InChI is InChI=1S/C36H36NO2S/c1-22-19-23(2)32-25(4)33(29(21-38)16-18-39-5)37-17-15-30-24(3)35(40-36(30)34(37)31(32)20-22)28-13-11-27(12-14-28)26-9-7-6-8-10-26/h6-17,19-20,25,33,38H,18,21H2,1-5H3/q+1/b29-16+. The van der Waals surface area contributed by atoms with Gasteiger partial charge in [0.25, 0.3) is 0 Å². The summed E-state index contributed by atoms with van der Waals surface area (Å²) in [5.41, 5.74) is 12.5. The van der Waals surface area contributed by atoms with Crippen LogP contribution in [0.2, 0.25) is 0 Å². The lowest BCUT2D eigenvalue weighted by atomic mass is 9.78. The minimum absolute atomic E-state index is 0.00552. The molecular formula is C36H36NO2S+. The van der Waals surface area contributed by atoms with E-state index in [-0.39, 0.29) is 18.6 Å². The van der Waals surface area contributed by atoms with Crippen LogP contribution in [0.3, 0.4) is 0 Å². The molecule has 3 nitrogen and oxygen atoms in total. The molecule has 2 aromatic heterocycles. The highest BCUT2D eigenvalue weighted by molar-refractivity contribution is 7.23. The van der Waals surface area contributed by atoms with Crippen LogP contribution in [0, 0.1) is 20.8 Å². The van der Waals surface area contributed by atoms with Crippen LogP contribution in [0.25, 0.3) is 42.9 Å². The van der Waals surface area contributed by atoms with Crippen molar-refractivity contribution in [1.29, 1.82) is 0 Å². The topological polar surface area (TPSA) is 33.3 Å². The van der Waals surface area contributed by atoms with Crippen molar-refractivity contribution in [2.75, 3.05) is 20.3 Å². The number of thiophene rings is 1. The summed E-state index contributed by atoms with van der Waals surface area (Å²) in [5.74, 6) is 0.215. The van der Waals surface area contributed by atoms with Gasteiger partial charge in [-0.15, -0.1) is 11.3 Å². The van der Waals surface area contributed by atoms with E-state index < -0.39 is 0 Å². The van der Waals surface area contributed by atoms with Crippen LogP contribution < -0.4 is 4.57 Å². The quantitative estimate of drug-likeness (QED) is 0.172. The number of ether oxygens (including phenoxy) is 1. The number of aromatic nitrogens is 1. The lowest BCUT2D eigenvalue weighted by Gasteiger charge is -2.31. The molecule has 1 aliphatic heterocycles. The molecule has 0 amide bonds. The molecule has 1 N–H and O–H groups in total. The summed E-state index contributed by atoms with van der Waals surface area (Å²) in [4.78, 5) is 1.31. The number of hydrogen-bond donors (Lipinski definition) is 1. The Morgan fingerprint density at radius 3 is 2.35 bits per heavy atom. The highest BCUT2D eigenvalue weighted by Crippen LogP contribution is 2.48. The van der Waals surface area contributed by atoms with Crippen molar-refractivity contribution in [2.24, 2.45) is 0 Å². The van der Waals surface area contributed by atoms with E-state index in [4.69, 9.17) is 4.74 Å². The first-order valence-corrected chi connectivity index (χ1v) is 14.8. The van der Waals surface area contributed by atoms with Gasteiger partial charge in [-0.05, 0) is 60.2 Å². The number of aliphatic hydroxyl groups is 1. The maximum Gasteiger partial charge on any atom is 0.231 e. The average Bonchev–Trinajstić information content (AvgIpc) is 3.30. The molecule has 0 radical (unpaired) electrons. The maximum atomic E-state index is 10.5. The zero-order chi connectivity index (χ0) is 28.0. The van der Waals surface area contributed by atoms with Crippen molar-refractivity contribution in [3.05, 3.63) is 113 Å². The van der Waals surface area contributed by atoms with Gasteiger partial charge in [-0.2, -0.15) is 4.57 Å². The number of hydrogen-bond acceptors (Lipinski definition) is 3. The van der Waals surface area contributed by atoms with Crippen LogP contribution >= 0.6 is 11.3 Å². The van der Waals surface area contributed by atoms with Gasteiger partial charge in [0.1, 0.15) is 4.70 Å². The minimum Gasteiger partial charge on any atom is -0.392 e. The fourth-order valence-electron chi connectivity index (χ4n) is 6.61. The molecular weight excluding hydrogens is 510 g/mol. The zero-order valence-corrected chi connectivity index (χ0v) is 24.7. The predicted molar refractivity (Wildman–Crippen MR) is 167 cm³/mol. The van der Waals surface area contributed by atoms with Crippen LogP contribution in [0.5, 0.6) is 0 Å². The van der Waals surface area contributed by atoms with Crippen molar-refractivity contribution in [2.45, 2.75) is 39.7 Å². The number of benzene rings is 3. The molecule has 0 saturated carbocycles. The number of rotatable bonds is 6. The van der Waals surface area contributed by atoms with Gasteiger partial charge in [0.15, 0.2) is 12.2 Å². The third-order valence-corrected chi connectivity index (χ3v) is 9.78. The first-order valence-electron chi connectivity index (χ1n) is 14.0. The second-order valence-corrected chi connectivity index (χ2v) is 12.0. The van der Waals surface area contributed by atoms with Crippen molar-refractivity contribution in [1.82, 2.24) is 0 Å². The summed E-state index contributed by atoms with van der Waals surface area (Å²) in [6.07, 6.45) is 4.29. The monoisotopic (exact) mass is 546 g/mol. The first-order chi connectivity index (χ1) is 19.4. The van der Waals surface area contributed by atoms with Crippen molar-refractivity contribution in [3.63, 3.8) is 0 Å². The highest BCUT2D eigenvalue weighted by Gasteiger charge is 2.42. The molecule has 0 spiro atoms. The fraction of sp³-hybridized carbons (Fsp3) is 0.250. The first kappa shape index (κ1) is 26.6. The molecule has 202 valence electrons. The van der Waals surface area contributed by atoms with E-state index in [0.29, 0.717) is 6.61 Å². The van der Waals surface area contributed by atoms with E-state index in [2.05, 4.69) is 117 Å². The molecule has 2 unspecified atom stereocenters. The summed E-state index contributed by atoms with van der Waals surface area (Å²) in [6, 6.07) is 26.4. The van der Waals surface area contributed by atoms with Crippen LogP contribution in [-0.4, -0.2) is 25.4 Å². The number of aliphatic hydroxyl groups excluding tert-OH is 1. The Balaban J connectivity index is 1.57. The second kappa shape index (κ2) is 10.8. The maximum absolute atomic E-state index is 10.5. The molecule has 3 aromatic carbocycles. The Hall–Kier alpha value is -3.57. The fourth-order valence-corrected chi connectivity index (χ4v) is 7.97. The van der Waals surface area contributed by atoms with Crippen LogP contribution in [0.1, 0.15) is 41.1 Å². The Bertz CT molecular complexity index is 1730. The number of fused-ring (bicyclic) bond motifs is 5. The van der Waals surface area contributed by atoms with Gasteiger partial charge in [-0.3, -0.25) is 0 Å². The normalized spacial score (nSPS) is 16.7. The number of methoxy groups -OCH3 is 1. The summed E-state index contributed by atoms with van der Waals surface area (Å²) in [7, 11) is 1.70. The van der Waals surface area contributed by atoms with Gasteiger partial charge >= 0.3 is 0 Å². The molecule has 4 heteroatoms. The zero-order valence-electron chi connectivity index (χ0n) is 23.9. The molecule has 0 aliphatic carbocycles. The Kier molecular flexibility index (Phi) is 7.18. The third-order valence-electron chi connectivity index (χ3n) is 8.41. The lowest BCUT2D eigenvalue weighted by molar-refractivity contribution is -0.708. The van der Waals surface area contributed by atoms with Crippen LogP contribution in [0.15, 0.2) is 90.6 Å². The Morgan fingerprint density at radius 1 is 0.950 bits per heavy atom. The van der Waals surface area contributed by atoms with Crippen molar-refractivity contribution >= 4 is 21.4 Å². The number of nitrogens with zero attached hydrogens (tertiary/aromatic N) is 1. The molecule has 40 heavy (non-hydrogen) atoms. The highest BCUT2D eigenvalue weighted by atomic mass is 32.1. The van der Waals surface area contributed by atoms with Gasteiger partial charge in [0, 0.05) is 34.9 Å². The van der Waals surface area contributed by atoms with E-state index in [0.717, 1.165) is 5.57 Å². The van der Waals surface area contributed by atoms with Crippen molar-refractivity contribution in [3.8, 4) is 32.8 Å². The molecule has 2 atom stereocenters. The molecule has 1 aliphatic rings. The van der Waals surface area contributed by atoms with Gasteiger partial charge in [0.2, 0.25) is 5.69 Å². The average molecular weight is 547 g/mol. The van der Waals surface area contributed by atoms with E-state index >= 15 is 0 Å².